The second kappa shape index (κ2) is 21.0. The molecular formula is C54H79IN6O6. The van der Waals surface area contributed by atoms with Crippen molar-refractivity contribution in [2.45, 2.75) is 155 Å². The number of hydrogen-bond donors (Lipinski definition) is 5. The summed E-state index contributed by atoms with van der Waals surface area (Å²) in [5.74, 6) is 0. The maximum absolute atomic E-state index is 12.6. The van der Waals surface area contributed by atoms with Crippen LogP contribution in [-0.4, -0.2) is 79.3 Å². The molecule has 3 fully saturated rings. The van der Waals surface area contributed by atoms with Gasteiger partial charge >= 0.3 is 18.3 Å². The Labute approximate surface area is 417 Å². The van der Waals surface area contributed by atoms with Crippen LogP contribution >= 0.6 is 24.0 Å². The number of ether oxygens (including phenoxy) is 3. The topological polar surface area (TPSA) is 156 Å². The van der Waals surface area contributed by atoms with E-state index in [1.807, 2.05) is 74.4 Å². The van der Waals surface area contributed by atoms with Gasteiger partial charge in [-0.15, -0.1) is 24.0 Å². The zero-order chi connectivity index (χ0) is 47.5. The van der Waals surface area contributed by atoms with Gasteiger partial charge in [0.2, 0.25) is 0 Å². The van der Waals surface area contributed by atoms with Gasteiger partial charge in [-0.05, 0) is 185 Å². The lowest BCUT2D eigenvalue weighted by Gasteiger charge is -2.43. The largest absolute Gasteiger partial charge is 0.444 e. The Bertz CT molecular complexity index is 2170. The molecule has 67 heavy (non-hydrogen) atoms. The Balaban J connectivity index is 0.000000172. The molecule has 0 saturated carbocycles. The Morgan fingerprint density at radius 3 is 1.28 bits per heavy atom. The number of hydrogen-bond acceptors (Lipinski definition) is 9. The van der Waals surface area contributed by atoms with Crippen molar-refractivity contribution >= 4 is 42.3 Å². The highest BCUT2D eigenvalue weighted by Gasteiger charge is 2.50. The first kappa shape index (κ1) is 52.5. The van der Waals surface area contributed by atoms with E-state index in [0.29, 0.717) is 18.5 Å². The van der Waals surface area contributed by atoms with Crippen molar-refractivity contribution in [3.8, 4) is 0 Å². The van der Waals surface area contributed by atoms with Crippen molar-refractivity contribution in [3.05, 3.63) is 106 Å². The molecule has 13 heteroatoms. The highest BCUT2D eigenvalue weighted by Crippen LogP contribution is 2.53. The van der Waals surface area contributed by atoms with E-state index in [1.54, 1.807) is 4.90 Å². The van der Waals surface area contributed by atoms with Crippen molar-refractivity contribution in [3.63, 3.8) is 0 Å². The molecule has 3 atom stereocenters. The summed E-state index contributed by atoms with van der Waals surface area (Å²) in [7, 11) is 0. The van der Waals surface area contributed by atoms with Crippen LogP contribution in [0.3, 0.4) is 0 Å². The number of rotatable bonds is 2. The van der Waals surface area contributed by atoms with Crippen molar-refractivity contribution in [2.75, 3.05) is 39.3 Å². The third kappa shape index (κ3) is 12.7. The van der Waals surface area contributed by atoms with Gasteiger partial charge in [0, 0.05) is 30.0 Å². The predicted molar refractivity (Wildman–Crippen MR) is 276 cm³/mol. The third-order valence-corrected chi connectivity index (χ3v) is 14.6. The molecule has 12 nitrogen and oxygen atoms in total. The number of alkyl carbamates (subject to hydrolysis) is 2. The summed E-state index contributed by atoms with van der Waals surface area (Å²) in [6, 6.07) is 25.6. The van der Waals surface area contributed by atoms with Gasteiger partial charge in [0.25, 0.3) is 0 Å². The zero-order valence-corrected chi connectivity index (χ0v) is 44.0. The summed E-state index contributed by atoms with van der Waals surface area (Å²) in [5, 5.41) is 13.2. The van der Waals surface area contributed by atoms with Gasteiger partial charge in [-0.3, -0.25) is 0 Å². The Morgan fingerprint density at radius 1 is 0.537 bits per heavy atom. The fourth-order valence-corrected chi connectivity index (χ4v) is 11.4. The quantitative estimate of drug-likeness (QED) is 0.125. The van der Waals surface area contributed by atoms with E-state index >= 15 is 0 Å². The minimum atomic E-state index is -0.546. The van der Waals surface area contributed by atoms with E-state index in [2.05, 4.69) is 81.9 Å². The summed E-state index contributed by atoms with van der Waals surface area (Å²) in [5.41, 5.74) is 13.2. The monoisotopic (exact) mass is 1030 g/mol. The van der Waals surface area contributed by atoms with Crippen molar-refractivity contribution in [1.82, 2.24) is 26.2 Å². The molecule has 368 valence electrons. The first-order chi connectivity index (χ1) is 31.1. The number of nitrogens with two attached hydrogens (primary N) is 1. The van der Waals surface area contributed by atoms with E-state index in [1.165, 1.54) is 47.1 Å². The molecule has 3 aliphatic carbocycles. The molecule has 9 rings (SSSR count). The fraction of sp³-hybridized carbons (Fsp3) is 0.611. The number of carbonyl (C=O) groups is 3. The molecule has 0 bridgehead atoms. The minimum Gasteiger partial charge on any atom is -0.444 e. The standard InChI is InChI=1S/C23H34N2O4.C18H26N2O2.C13H18N2.HI/c1-21(2,3)28-19(26)24-18-17-10-8-7-9-16(17)15-23(18)11-13-25(14-12-23)20(27)29-22(4,5)6;1-17(2,3)22-16(21)20-15-14-7-5-4-6-13(14)12-18(15)8-10-19-11-9-18;14-12-11-4-2-1-3-10(11)9-13(12)5-7-15-8-6-13;/h7-10,18H,11-15H2,1-6H3,(H,24,26);4-7,15,19H,8-12H2,1-3H3,(H,20,21);1-4,12,15H,5-9,14H2;1H/t18-;15-;12-;/m111./s1. The summed E-state index contributed by atoms with van der Waals surface area (Å²) in [4.78, 5) is 39.1. The average molecular weight is 1040 g/mol. The van der Waals surface area contributed by atoms with Gasteiger partial charge < -0.3 is 46.1 Å². The Hall–Kier alpha value is -3.92. The van der Waals surface area contributed by atoms with Crippen LogP contribution in [0.1, 0.15) is 152 Å². The number of fused-ring (bicyclic) bond motifs is 3. The molecule has 3 aliphatic heterocycles. The molecule has 0 aromatic heterocycles. The maximum Gasteiger partial charge on any atom is 0.410 e. The average Bonchev–Trinajstić information content (AvgIpc) is 3.80. The smallest absolute Gasteiger partial charge is 0.410 e. The lowest BCUT2D eigenvalue weighted by atomic mass is 9.73. The number of piperidine rings is 3. The van der Waals surface area contributed by atoms with Crippen molar-refractivity contribution < 1.29 is 28.6 Å². The number of amides is 3. The van der Waals surface area contributed by atoms with Crippen LogP contribution in [0.15, 0.2) is 72.8 Å². The summed E-state index contributed by atoms with van der Waals surface area (Å²) >= 11 is 0. The van der Waals surface area contributed by atoms with Crippen LogP contribution < -0.4 is 27.0 Å². The first-order valence-electron chi connectivity index (χ1n) is 24.5. The second-order valence-corrected chi connectivity index (χ2v) is 22.8. The van der Waals surface area contributed by atoms with E-state index in [4.69, 9.17) is 19.9 Å². The van der Waals surface area contributed by atoms with E-state index < -0.39 is 22.9 Å². The highest BCUT2D eigenvalue weighted by atomic mass is 127. The highest BCUT2D eigenvalue weighted by molar-refractivity contribution is 14.0. The molecule has 3 aromatic rings. The molecule has 3 heterocycles. The first-order valence-corrected chi connectivity index (χ1v) is 24.5. The lowest BCUT2D eigenvalue weighted by molar-refractivity contribution is 0.00331. The summed E-state index contributed by atoms with van der Waals surface area (Å²) < 4.78 is 16.5. The van der Waals surface area contributed by atoms with Crippen molar-refractivity contribution in [1.29, 1.82) is 0 Å². The van der Waals surface area contributed by atoms with E-state index in [9.17, 15) is 14.4 Å². The van der Waals surface area contributed by atoms with Gasteiger partial charge in [-0.2, -0.15) is 0 Å². The third-order valence-electron chi connectivity index (χ3n) is 14.6. The molecule has 6 N–H and O–H groups in total. The van der Waals surface area contributed by atoms with Crippen LogP contribution in [0.4, 0.5) is 14.4 Å². The number of nitrogens with one attached hydrogen (secondary N) is 4. The number of likely N-dealkylation sites (tertiary alicyclic amines) is 1. The predicted octanol–water partition coefficient (Wildman–Crippen LogP) is 10.2. The minimum absolute atomic E-state index is 0. The lowest BCUT2D eigenvalue weighted by Crippen LogP contribution is -2.49. The molecule has 0 radical (unpaired) electrons. The van der Waals surface area contributed by atoms with Crippen LogP contribution in [0.5, 0.6) is 0 Å². The van der Waals surface area contributed by atoms with Crippen LogP contribution in [0, 0.1) is 16.2 Å². The van der Waals surface area contributed by atoms with Gasteiger partial charge in [-0.25, -0.2) is 14.4 Å². The zero-order valence-electron chi connectivity index (χ0n) is 41.6. The van der Waals surface area contributed by atoms with E-state index in [-0.39, 0.29) is 65.1 Å². The SMILES string of the molecule is CC(C)(C)OC(=O)N[C@@H]1c2ccccc2CC12CCN(C(=O)OC(C)(C)C)CC2.CC(C)(C)OC(=O)N[C@@H]1c2ccccc2CC12CCNCC2.I.N[C@@H]1c2ccccc2CC12CCNCC2. The van der Waals surface area contributed by atoms with Gasteiger partial charge in [0.15, 0.2) is 0 Å². The second-order valence-electron chi connectivity index (χ2n) is 22.8. The van der Waals surface area contributed by atoms with E-state index in [0.717, 1.165) is 70.3 Å². The molecule has 0 unspecified atom stereocenters. The molecule has 3 saturated heterocycles. The Kier molecular flexibility index (Phi) is 16.4. The molecule has 6 aliphatic rings. The fourth-order valence-electron chi connectivity index (χ4n) is 11.4. The number of carbonyl (C=O) groups excluding carboxylic acids is 3. The van der Waals surface area contributed by atoms with Crippen LogP contribution in [-0.2, 0) is 33.5 Å². The van der Waals surface area contributed by atoms with Crippen LogP contribution in [0.25, 0.3) is 0 Å². The molecular weight excluding hydrogens is 956 g/mol. The van der Waals surface area contributed by atoms with Crippen LogP contribution in [0.2, 0.25) is 0 Å². The van der Waals surface area contributed by atoms with Gasteiger partial charge in [0.1, 0.15) is 16.8 Å². The van der Waals surface area contributed by atoms with Gasteiger partial charge in [-0.1, -0.05) is 72.8 Å². The molecule has 3 spiro atoms. The van der Waals surface area contributed by atoms with Crippen molar-refractivity contribution in [2.24, 2.45) is 22.0 Å². The normalized spacial score (nSPS) is 22.9. The molecule has 3 amide bonds. The maximum atomic E-state index is 12.6. The van der Waals surface area contributed by atoms with Gasteiger partial charge in [0.05, 0.1) is 12.1 Å². The summed E-state index contributed by atoms with van der Waals surface area (Å²) in [6.45, 7) is 22.5. The Morgan fingerprint density at radius 2 is 0.881 bits per heavy atom. The number of halogens is 1. The summed E-state index contributed by atoms with van der Waals surface area (Å²) in [6.07, 6.45) is 8.39. The number of benzene rings is 3. The number of nitrogens with zero attached hydrogens (tertiary/aromatic N) is 1. The molecule has 3 aromatic carbocycles.